The van der Waals surface area contributed by atoms with E-state index >= 15 is 0 Å². The van der Waals surface area contributed by atoms with Crippen molar-refractivity contribution in [2.45, 2.75) is 11.4 Å². The topological polar surface area (TPSA) is 184 Å². The number of carbonyl (C=O) groups is 3. The molecule has 3 N–H and O–H groups in total. The predicted octanol–water partition coefficient (Wildman–Crippen LogP) is 0.266. The quantitative estimate of drug-likeness (QED) is 0.330. The zero-order valence-electron chi connectivity index (χ0n) is 19.0. The van der Waals surface area contributed by atoms with Gasteiger partial charge in [0.1, 0.15) is 4.90 Å². The Hall–Kier alpha value is -3.14. The Balaban J connectivity index is 0.00000578. The van der Waals surface area contributed by atoms with Crippen molar-refractivity contribution in [2.75, 3.05) is 33.8 Å². The number of nitrogens with zero attached hydrogens (tertiary/aromatic N) is 2. The van der Waals surface area contributed by atoms with Gasteiger partial charge < -0.3 is 24.3 Å². The number of esters is 1. The predicted molar refractivity (Wildman–Crippen MR) is 117 cm³/mol. The van der Waals surface area contributed by atoms with Gasteiger partial charge in [0.15, 0.2) is 0 Å². The van der Waals surface area contributed by atoms with Crippen LogP contribution in [0, 0.1) is 0 Å². The maximum Gasteiger partial charge on any atom is 0.407 e. The van der Waals surface area contributed by atoms with Gasteiger partial charge >= 0.3 is 18.1 Å². The molecular formula is C18H21N5NaO9S. The molecule has 3 amide bonds. The number of rotatable bonds is 8. The molecule has 0 spiro atoms. The summed E-state index contributed by atoms with van der Waals surface area (Å²) in [6.45, 7) is -0.111. The molecule has 14 nitrogen and oxygen atoms in total. The van der Waals surface area contributed by atoms with E-state index in [0.29, 0.717) is 5.56 Å². The van der Waals surface area contributed by atoms with Crippen LogP contribution in [0.15, 0.2) is 29.2 Å². The van der Waals surface area contributed by atoms with Gasteiger partial charge in [0.2, 0.25) is 17.7 Å². The molecule has 0 fully saturated rings. The Labute approximate surface area is 217 Å². The Morgan fingerprint density at radius 2 is 1.56 bits per heavy atom. The molecule has 0 saturated heterocycles. The van der Waals surface area contributed by atoms with Gasteiger partial charge in [-0.15, -0.1) is 0 Å². The minimum atomic E-state index is -4.59. The van der Waals surface area contributed by atoms with E-state index in [1.54, 1.807) is 4.72 Å². The number of aromatic nitrogens is 2. The number of urea groups is 1. The van der Waals surface area contributed by atoms with Crippen molar-refractivity contribution in [3.63, 3.8) is 0 Å². The molecule has 0 saturated carbocycles. The molecule has 0 aliphatic carbocycles. The standard InChI is InChI=1S/C18H21N5O9S.Na/c1-29-13-8-14(30-2)21-16(20-13)22-17(25)23-33(27,28)12-7-10(9-19-18(26)32-4)5-6-11(12)15(24)31-3;/h5-8H,9H2,1-4H3,(H,19,26)(H2,20,21,22,23,25);. The summed E-state index contributed by atoms with van der Waals surface area (Å²) in [6.07, 6.45) is -0.748. The van der Waals surface area contributed by atoms with Gasteiger partial charge in [-0.05, 0) is 17.7 Å². The summed E-state index contributed by atoms with van der Waals surface area (Å²) in [7, 11) is 0.294. The van der Waals surface area contributed by atoms with E-state index < -0.39 is 33.0 Å². The van der Waals surface area contributed by atoms with Gasteiger partial charge in [-0.25, -0.2) is 27.5 Å². The fourth-order valence-electron chi connectivity index (χ4n) is 2.40. The molecular weight excluding hydrogens is 485 g/mol. The molecule has 1 aromatic heterocycles. The Morgan fingerprint density at radius 3 is 2.09 bits per heavy atom. The summed E-state index contributed by atoms with van der Waals surface area (Å²) in [5, 5.41) is 4.51. The van der Waals surface area contributed by atoms with Gasteiger partial charge in [0.05, 0.1) is 40.1 Å². The van der Waals surface area contributed by atoms with Crippen LogP contribution in [-0.4, -0.2) is 94.5 Å². The normalized spacial score (nSPS) is 10.2. The minimum absolute atomic E-state index is 0. The van der Waals surface area contributed by atoms with Gasteiger partial charge in [-0.2, -0.15) is 9.97 Å². The van der Waals surface area contributed by atoms with E-state index in [4.69, 9.17) is 9.47 Å². The average Bonchev–Trinajstić information content (AvgIpc) is 2.80. The van der Waals surface area contributed by atoms with Crippen molar-refractivity contribution in [1.82, 2.24) is 20.0 Å². The largest absolute Gasteiger partial charge is 0.481 e. The molecule has 0 aliphatic heterocycles. The third kappa shape index (κ3) is 7.72. The van der Waals surface area contributed by atoms with Crippen molar-refractivity contribution in [3.05, 3.63) is 35.4 Å². The summed E-state index contributed by atoms with van der Waals surface area (Å²) in [5.74, 6) is -1.15. The number of nitrogens with one attached hydrogen (secondary N) is 3. The van der Waals surface area contributed by atoms with E-state index in [0.717, 1.165) is 20.3 Å². The van der Waals surface area contributed by atoms with Crippen LogP contribution in [-0.2, 0) is 26.0 Å². The van der Waals surface area contributed by atoms with Gasteiger partial charge in [-0.1, -0.05) is 6.07 Å². The minimum Gasteiger partial charge on any atom is -0.481 e. The molecule has 1 heterocycles. The molecule has 0 unspecified atom stereocenters. The van der Waals surface area contributed by atoms with Crippen LogP contribution in [0.5, 0.6) is 11.8 Å². The molecule has 0 atom stereocenters. The van der Waals surface area contributed by atoms with Gasteiger partial charge in [0.25, 0.3) is 10.0 Å². The maximum atomic E-state index is 12.9. The molecule has 179 valence electrons. The Morgan fingerprint density at radius 1 is 0.941 bits per heavy atom. The summed E-state index contributed by atoms with van der Waals surface area (Å²) in [4.78, 5) is 42.8. The van der Waals surface area contributed by atoms with E-state index in [1.807, 2.05) is 0 Å². The van der Waals surface area contributed by atoms with Crippen molar-refractivity contribution < 1.29 is 41.7 Å². The number of hydrogen-bond acceptors (Lipinski definition) is 11. The van der Waals surface area contributed by atoms with Crippen LogP contribution in [0.2, 0.25) is 0 Å². The first-order chi connectivity index (χ1) is 15.6. The molecule has 16 heteroatoms. The summed E-state index contributed by atoms with van der Waals surface area (Å²) < 4.78 is 46.5. The fraction of sp³-hybridized carbons (Fsp3) is 0.278. The van der Waals surface area contributed by atoms with E-state index in [-0.39, 0.29) is 59.4 Å². The van der Waals surface area contributed by atoms with Crippen LogP contribution in [0.3, 0.4) is 0 Å². The molecule has 0 aliphatic rings. The van der Waals surface area contributed by atoms with Crippen molar-refractivity contribution in [1.29, 1.82) is 0 Å². The number of ether oxygens (including phenoxy) is 4. The number of benzene rings is 1. The number of hydrogen-bond donors (Lipinski definition) is 3. The molecule has 1 aromatic carbocycles. The number of carbonyl (C=O) groups excluding carboxylic acids is 3. The molecule has 34 heavy (non-hydrogen) atoms. The zero-order valence-corrected chi connectivity index (χ0v) is 21.8. The number of methoxy groups -OCH3 is 4. The summed E-state index contributed by atoms with van der Waals surface area (Å²) in [6, 6.07) is 3.80. The second-order valence-corrected chi connectivity index (χ2v) is 7.65. The van der Waals surface area contributed by atoms with Crippen LogP contribution in [0.4, 0.5) is 15.5 Å². The first kappa shape index (κ1) is 28.9. The number of amides is 3. The van der Waals surface area contributed by atoms with E-state index in [1.165, 1.54) is 32.4 Å². The SMILES string of the molecule is COC(=O)NCc1ccc(C(=O)OC)c(S(=O)(=O)NC(=O)Nc2nc(OC)cc(OC)n2)c1.[Na]. The summed E-state index contributed by atoms with van der Waals surface area (Å²) >= 11 is 0. The van der Waals surface area contributed by atoms with Crippen LogP contribution < -0.4 is 24.8 Å². The number of sulfonamides is 1. The third-order valence-corrected chi connectivity index (χ3v) is 5.28. The number of anilines is 1. The van der Waals surface area contributed by atoms with Crippen molar-refractivity contribution >= 4 is 63.6 Å². The van der Waals surface area contributed by atoms with Crippen molar-refractivity contribution in [2.24, 2.45) is 0 Å². The summed E-state index contributed by atoms with van der Waals surface area (Å²) in [5.41, 5.74) is -0.0337. The smallest absolute Gasteiger partial charge is 0.407 e. The third-order valence-electron chi connectivity index (χ3n) is 3.91. The molecule has 1 radical (unpaired) electrons. The second-order valence-electron chi connectivity index (χ2n) is 6.00. The first-order valence-electron chi connectivity index (χ1n) is 8.97. The second kappa shape index (κ2) is 12.9. The molecule has 2 rings (SSSR count). The maximum absolute atomic E-state index is 12.9. The monoisotopic (exact) mass is 506 g/mol. The van der Waals surface area contributed by atoms with Gasteiger partial charge in [-0.3, -0.25) is 5.32 Å². The van der Waals surface area contributed by atoms with Gasteiger partial charge in [0, 0.05) is 36.1 Å². The van der Waals surface area contributed by atoms with Crippen LogP contribution in [0.1, 0.15) is 15.9 Å². The number of alkyl carbamates (subject to hydrolysis) is 1. The Kier molecular flexibility index (Phi) is 11.0. The first-order valence-corrected chi connectivity index (χ1v) is 10.5. The zero-order chi connectivity index (χ0) is 24.6. The Bertz CT molecular complexity index is 1140. The molecule has 0 bridgehead atoms. The van der Waals surface area contributed by atoms with Crippen LogP contribution >= 0.6 is 0 Å². The van der Waals surface area contributed by atoms with E-state index in [9.17, 15) is 22.8 Å². The fourth-order valence-corrected chi connectivity index (χ4v) is 3.55. The molecule has 2 aromatic rings. The van der Waals surface area contributed by atoms with Crippen LogP contribution in [0.25, 0.3) is 0 Å². The van der Waals surface area contributed by atoms with Crippen molar-refractivity contribution in [3.8, 4) is 11.8 Å². The van der Waals surface area contributed by atoms with E-state index in [2.05, 4.69) is 30.1 Å². The average molecular weight is 506 g/mol.